The highest BCUT2D eigenvalue weighted by atomic mass is 35.5. The van der Waals surface area contributed by atoms with Gasteiger partial charge in [-0.15, -0.1) is 0 Å². The molecule has 0 heterocycles. The van der Waals surface area contributed by atoms with Crippen LogP contribution in [0.1, 0.15) is 12.0 Å². The number of methoxy groups -OCH3 is 1. The van der Waals surface area contributed by atoms with Gasteiger partial charge in [0.05, 0.1) is 6.61 Å². The van der Waals surface area contributed by atoms with Gasteiger partial charge in [-0.3, -0.25) is 4.79 Å². The molecular weight excluding hydrogens is 264 g/mol. The molecule has 0 aliphatic rings. The van der Waals surface area contributed by atoms with Crippen LogP contribution in [-0.2, 0) is 16.0 Å². The van der Waals surface area contributed by atoms with Gasteiger partial charge < -0.3 is 15.4 Å². The Morgan fingerprint density at radius 3 is 2.89 bits per heavy atom. The average Bonchev–Trinajstić information content (AvgIpc) is 2.38. The molecule has 1 rings (SSSR count). The summed E-state index contributed by atoms with van der Waals surface area (Å²) < 4.78 is 4.90. The number of ether oxygens (including phenoxy) is 1. The molecule has 1 aromatic rings. The third-order valence-corrected chi connectivity index (χ3v) is 2.87. The minimum Gasteiger partial charge on any atom is -0.383 e. The lowest BCUT2D eigenvalue weighted by Crippen LogP contribution is -2.30. The van der Waals surface area contributed by atoms with Gasteiger partial charge in [0.15, 0.2) is 0 Å². The first kappa shape index (κ1) is 16.0. The molecule has 2 N–H and O–H groups in total. The van der Waals surface area contributed by atoms with Gasteiger partial charge in [-0.25, -0.2) is 0 Å². The van der Waals surface area contributed by atoms with Gasteiger partial charge >= 0.3 is 0 Å². The number of nitrogens with one attached hydrogen (secondary N) is 2. The fourth-order valence-electron chi connectivity index (χ4n) is 1.63. The summed E-state index contributed by atoms with van der Waals surface area (Å²) in [6, 6.07) is 7.68. The van der Waals surface area contributed by atoms with Crippen LogP contribution in [0.2, 0.25) is 5.02 Å². The largest absolute Gasteiger partial charge is 0.383 e. The van der Waals surface area contributed by atoms with Crippen molar-refractivity contribution in [3.63, 3.8) is 0 Å². The van der Waals surface area contributed by atoms with Crippen molar-refractivity contribution in [3.05, 3.63) is 34.9 Å². The molecule has 5 heteroatoms. The third-order valence-electron chi connectivity index (χ3n) is 2.64. The number of halogens is 1. The van der Waals surface area contributed by atoms with E-state index >= 15 is 0 Å². The molecule has 19 heavy (non-hydrogen) atoms. The van der Waals surface area contributed by atoms with Crippen molar-refractivity contribution in [2.45, 2.75) is 12.8 Å². The van der Waals surface area contributed by atoms with Crippen molar-refractivity contribution in [3.8, 4) is 0 Å². The minimum absolute atomic E-state index is 0.0620. The van der Waals surface area contributed by atoms with Crippen LogP contribution in [0.3, 0.4) is 0 Å². The predicted octanol–water partition coefficient (Wildman–Crippen LogP) is 1.62. The minimum atomic E-state index is 0.0620. The maximum atomic E-state index is 11.5. The summed E-state index contributed by atoms with van der Waals surface area (Å²) in [7, 11) is 1.66. The van der Waals surface area contributed by atoms with Crippen molar-refractivity contribution in [2.75, 3.05) is 33.4 Å². The first-order chi connectivity index (χ1) is 9.22. The van der Waals surface area contributed by atoms with E-state index in [2.05, 4.69) is 10.6 Å². The van der Waals surface area contributed by atoms with Gasteiger partial charge in [-0.1, -0.05) is 23.7 Å². The van der Waals surface area contributed by atoms with Gasteiger partial charge in [-0.2, -0.15) is 0 Å². The molecule has 0 bridgehead atoms. The summed E-state index contributed by atoms with van der Waals surface area (Å²) in [5, 5.41) is 6.75. The molecule has 0 radical (unpaired) electrons. The summed E-state index contributed by atoms with van der Waals surface area (Å²) >= 11 is 5.89. The first-order valence-electron chi connectivity index (χ1n) is 6.43. The highest BCUT2D eigenvalue weighted by Crippen LogP contribution is 2.10. The number of hydrogen-bond acceptors (Lipinski definition) is 3. The first-order valence-corrected chi connectivity index (χ1v) is 6.81. The second kappa shape index (κ2) is 9.78. The van der Waals surface area contributed by atoms with E-state index in [0.29, 0.717) is 26.1 Å². The fourth-order valence-corrected chi connectivity index (χ4v) is 1.84. The summed E-state index contributed by atoms with van der Waals surface area (Å²) in [6.07, 6.45) is 1.28. The molecule has 0 atom stereocenters. The van der Waals surface area contributed by atoms with Crippen LogP contribution in [0.25, 0.3) is 0 Å². The second-order valence-electron chi connectivity index (χ2n) is 4.22. The van der Waals surface area contributed by atoms with Crippen LogP contribution in [0.15, 0.2) is 24.3 Å². The highest BCUT2D eigenvalue weighted by molar-refractivity contribution is 6.30. The van der Waals surface area contributed by atoms with E-state index in [4.69, 9.17) is 16.3 Å². The van der Waals surface area contributed by atoms with Crippen LogP contribution in [0, 0.1) is 0 Å². The average molecular weight is 285 g/mol. The Kier molecular flexibility index (Phi) is 8.21. The lowest BCUT2D eigenvalue weighted by atomic mass is 10.1. The van der Waals surface area contributed by atoms with Crippen molar-refractivity contribution in [1.82, 2.24) is 10.6 Å². The lowest BCUT2D eigenvalue weighted by molar-refractivity contribution is -0.120. The van der Waals surface area contributed by atoms with Gasteiger partial charge in [0.25, 0.3) is 0 Å². The molecule has 1 amide bonds. The topological polar surface area (TPSA) is 50.4 Å². The van der Waals surface area contributed by atoms with Crippen molar-refractivity contribution in [2.24, 2.45) is 0 Å². The van der Waals surface area contributed by atoms with E-state index in [-0.39, 0.29) is 5.91 Å². The Balaban J connectivity index is 2.07. The molecule has 0 aliphatic carbocycles. The van der Waals surface area contributed by atoms with Crippen LogP contribution >= 0.6 is 11.6 Å². The summed E-state index contributed by atoms with van der Waals surface area (Å²) in [6.45, 7) is 2.74. The molecule has 4 nitrogen and oxygen atoms in total. The Bertz CT molecular complexity index is 385. The standard InChI is InChI=1S/C14H21ClN2O2/c1-19-10-9-16-7-6-14(18)17-8-5-12-3-2-4-13(15)11-12/h2-4,11,16H,5-10H2,1H3,(H,17,18). The maximum Gasteiger partial charge on any atom is 0.221 e. The summed E-state index contributed by atoms with van der Waals surface area (Å²) in [4.78, 5) is 11.5. The fraction of sp³-hybridized carbons (Fsp3) is 0.500. The molecule has 0 spiro atoms. The molecule has 0 aromatic heterocycles. The lowest BCUT2D eigenvalue weighted by Gasteiger charge is -2.06. The number of carbonyl (C=O) groups is 1. The van der Waals surface area contributed by atoms with Gasteiger partial charge in [0.2, 0.25) is 5.91 Å². The SMILES string of the molecule is COCCNCCC(=O)NCCc1cccc(Cl)c1. The Morgan fingerprint density at radius 2 is 2.16 bits per heavy atom. The van der Waals surface area contributed by atoms with Crippen LogP contribution in [-0.4, -0.2) is 39.3 Å². The van der Waals surface area contributed by atoms with Gasteiger partial charge in [0.1, 0.15) is 0 Å². The van der Waals surface area contributed by atoms with Crippen LogP contribution in [0.4, 0.5) is 0 Å². The monoisotopic (exact) mass is 284 g/mol. The predicted molar refractivity (Wildman–Crippen MR) is 77.5 cm³/mol. The van der Waals surface area contributed by atoms with Gasteiger partial charge in [-0.05, 0) is 24.1 Å². The van der Waals surface area contributed by atoms with E-state index in [1.165, 1.54) is 0 Å². The number of benzene rings is 1. The zero-order valence-electron chi connectivity index (χ0n) is 11.2. The maximum absolute atomic E-state index is 11.5. The van der Waals surface area contributed by atoms with E-state index < -0.39 is 0 Å². The van der Waals surface area contributed by atoms with Crippen molar-refractivity contribution in [1.29, 1.82) is 0 Å². The van der Waals surface area contributed by atoms with E-state index in [1.807, 2.05) is 24.3 Å². The highest BCUT2D eigenvalue weighted by Gasteiger charge is 2.00. The molecule has 0 aliphatic heterocycles. The molecule has 0 fully saturated rings. The summed E-state index contributed by atoms with van der Waals surface area (Å²) in [5.41, 5.74) is 1.13. The third kappa shape index (κ3) is 7.82. The van der Waals surface area contributed by atoms with E-state index in [0.717, 1.165) is 23.6 Å². The van der Waals surface area contributed by atoms with Crippen molar-refractivity contribution < 1.29 is 9.53 Å². The molecule has 106 valence electrons. The second-order valence-corrected chi connectivity index (χ2v) is 4.66. The van der Waals surface area contributed by atoms with E-state index in [1.54, 1.807) is 7.11 Å². The number of carbonyl (C=O) groups excluding carboxylic acids is 1. The molecular formula is C14H21ClN2O2. The number of hydrogen-bond donors (Lipinski definition) is 2. The Morgan fingerprint density at radius 1 is 1.32 bits per heavy atom. The molecule has 0 saturated heterocycles. The zero-order valence-corrected chi connectivity index (χ0v) is 12.0. The van der Waals surface area contributed by atoms with Crippen LogP contribution in [0.5, 0.6) is 0 Å². The van der Waals surface area contributed by atoms with Crippen molar-refractivity contribution >= 4 is 17.5 Å². The Labute approximate surface area is 119 Å². The Hall–Kier alpha value is -1.10. The molecule has 0 unspecified atom stereocenters. The normalized spacial score (nSPS) is 10.4. The number of rotatable bonds is 9. The summed E-state index contributed by atoms with van der Waals surface area (Å²) in [5.74, 6) is 0.0620. The zero-order chi connectivity index (χ0) is 13.9. The van der Waals surface area contributed by atoms with Gasteiger partial charge in [0, 0.05) is 38.2 Å². The quantitative estimate of drug-likeness (QED) is 0.678. The van der Waals surface area contributed by atoms with E-state index in [9.17, 15) is 4.79 Å². The number of amides is 1. The van der Waals surface area contributed by atoms with Crippen LogP contribution < -0.4 is 10.6 Å². The molecule has 1 aromatic carbocycles. The molecule has 0 saturated carbocycles. The smallest absolute Gasteiger partial charge is 0.221 e.